The third-order valence-corrected chi connectivity index (χ3v) is 3.06. The van der Waals surface area contributed by atoms with Crippen LogP contribution in [0, 0.1) is 0 Å². The van der Waals surface area contributed by atoms with Crippen molar-refractivity contribution in [3.05, 3.63) is 48.0 Å². The maximum atomic E-state index is 5.87. The lowest BCUT2D eigenvalue weighted by molar-refractivity contribution is 0.473. The first-order valence-corrected chi connectivity index (χ1v) is 5.80. The van der Waals surface area contributed by atoms with E-state index in [1.165, 1.54) is 0 Å². The number of aromatic nitrogens is 3. The van der Waals surface area contributed by atoms with Gasteiger partial charge < -0.3 is 9.73 Å². The number of hydrogen-bond acceptors (Lipinski definition) is 4. The Kier molecular flexibility index (Phi) is 2.60. The minimum Gasteiger partial charge on any atom is -0.459 e. The van der Waals surface area contributed by atoms with Crippen LogP contribution in [-0.2, 0) is 7.05 Å². The van der Waals surface area contributed by atoms with Crippen LogP contribution in [0.5, 0.6) is 0 Å². The quantitative estimate of drug-likeness (QED) is 0.761. The van der Waals surface area contributed by atoms with Crippen LogP contribution >= 0.6 is 0 Å². The Morgan fingerprint density at radius 2 is 2.17 bits per heavy atom. The summed E-state index contributed by atoms with van der Waals surface area (Å²) in [5, 5.41) is 12.2. The molecule has 0 spiro atoms. The number of benzene rings is 1. The molecule has 0 saturated carbocycles. The van der Waals surface area contributed by atoms with E-state index in [1.54, 1.807) is 10.9 Å². The summed E-state index contributed by atoms with van der Waals surface area (Å²) in [6.07, 6.45) is 1.74. The molecule has 0 bridgehead atoms. The molecule has 1 aromatic carbocycles. The molecule has 1 unspecified atom stereocenters. The van der Waals surface area contributed by atoms with Crippen LogP contribution in [0.2, 0.25) is 0 Å². The van der Waals surface area contributed by atoms with Crippen molar-refractivity contribution in [1.82, 2.24) is 20.3 Å². The van der Waals surface area contributed by atoms with E-state index in [4.69, 9.17) is 4.42 Å². The number of fused-ring (bicyclic) bond motifs is 1. The molecule has 0 amide bonds. The summed E-state index contributed by atoms with van der Waals surface area (Å²) in [7, 11) is 3.76. The van der Waals surface area contributed by atoms with Crippen molar-refractivity contribution in [2.75, 3.05) is 7.05 Å². The molecule has 1 N–H and O–H groups in total. The zero-order valence-corrected chi connectivity index (χ0v) is 10.3. The molecule has 0 aliphatic carbocycles. The number of aryl methyl sites for hydroxylation is 1. The van der Waals surface area contributed by atoms with Gasteiger partial charge in [-0.2, -0.15) is 0 Å². The van der Waals surface area contributed by atoms with Gasteiger partial charge in [-0.15, -0.1) is 5.10 Å². The first kappa shape index (κ1) is 11.0. The fourth-order valence-electron chi connectivity index (χ4n) is 2.14. The van der Waals surface area contributed by atoms with Crippen molar-refractivity contribution in [1.29, 1.82) is 0 Å². The summed E-state index contributed by atoms with van der Waals surface area (Å²) in [4.78, 5) is 0. The average molecular weight is 242 g/mol. The van der Waals surface area contributed by atoms with Gasteiger partial charge >= 0.3 is 0 Å². The highest BCUT2D eigenvalue weighted by Gasteiger charge is 2.20. The molecular weight excluding hydrogens is 228 g/mol. The van der Waals surface area contributed by atoms with E-state index < -0.39 is 0 Å². The minimum absolute atomic E-state index is 0.0441. The van der Waals surface area contributed by atoms with Crippen molar-refractivity contribution >= 4 is 11.0 Å². The van der Waals surface area contributed by atoms with Gasteiger partial charge in [0.2, 0.25) is 0 Å². The second kappa shape index (κ2) is 4.27. The number of nitrogens with one attached hydrogen (secondary N) is 1. The zero-order valence-electron chi connectivity index (χ0n) is 10.3. The van der Waals surface area contributed by atoms with Crippen LogP contribution in [0.25, 0.3) is 11.0 Å². The van der Waals surface area contributed by atoms with Crippen molar-refractivity contribution < 1.29 is 4.42 Å². The summed E-state index contributed by atoms with van der Waals surface area (Å²) in [6, 6.07) is 9.97. The van der Waals surface area contributed by atoms with E-state index in [0.717, 1.165) is 22.4 Å². The third-order valence-electron chi connectivity index (χ3n) is 3.06. The van der Waals surface area contributed by atoms with Gasteiger partial charge in [0.25, 0.3) is 0 Å². The van der Waals surface area contributed by atoms with Gasteiger partial charge in [0.1, 0.15) is 17.4 Å². The number of rotatable bonds is 3. The lowest BCUT2D eigenvalue weighted by atomic mass is 10.1. The van der Waals surface area contributed by atoms with Gasteiger partial charge in [0.05, 0.1) is 11.9 Å². The first-order valence-electron chi connectivity index (χ1n) is 5.80. The molecule has 2 aromatic heterocycles. The number of para-hydroxylation sites is 1. The smallest absolute Gasteiger partial charge is 0.134 e. The molecule has 3 rings (SSSR count). The van der Waals surface area contributed by atoms with Gasteiger partial charge in [0, 0.05) is 12.4 Å². The predicted octanol–water partition coefficient (Wildman–Crippen LogP) is 1.87. The normalized spacial score (nSPS) is 13.0. The van der Waals surface area contributed by atoms with Gasteiger partial charge in [-0.1, -0.05) is 23.4 Å². The monoisotopic (exact) mass is 242 g/mol. The average Bonchev–Trinajstić information content (AvgIpc) is 2.97. The highest BCUT2D eigenvalue weighted by atomic mass is 16.3. The molecule has 1 atom stereocenters. The van der Waals surface area contributed by atoms with Crippen LogP contribution < -0.4 is 5.32 Å². The van der Waals surface area contributed by atoms with Crippen LogP contribution in [0.3, 0.4) is 0 Å². The third kappa shape index (κ3) is 1.69. The van der Waals surface area contributed by atoms with Gasteiger partial charge in [-0.25, -0.2) is 0 Å². The fraction of sp³-hybridized carbons (Fsp3) is 0.231. The van der Waals surface area contributed by atoms with Crippen LogP contribution in [0.1, 0.15) is 17.5 Å². The fourth-order valence-corrected chi connectivity index (χ4v) is 2.14. The van der Waals surface area contributed by atoms with E-state index >= 15 is 0 Å². The van der Waals surface area contributed by atoms with Crippen molar-refractivity contribution in [2.24, 2.45) is 7.05 Å². The molecule has 5 heteroatoms. The largest absolute Gasteiger partial charge is 0.459 e. The van der Waals surface area contributed by atoms with Gasteiger partial charge in [0.15, 0.2) is 0 Å². The van der Waals surface area contributed by atoms with E-state index in [1.807, 2.05) is 44.4 Å². The Balaban J connectivity index is 2.09. The van der Waals surface area contributed by atoms with Gasteiger partial charge in [-0.05, 0) is 19.2 Å². The zero-order chi connectivity index (χ0) is 12.5. The first-order chi connectivity index (χ1) is 8.79. The van der Waals surface area contributed by atoms with Crippen LogP contribution in [-0.4, -0.2) is 22.0 Å². The van der Waals surface area contributed by atoms with Gasteiger partial charge in [-0.3, -0.25) is 4.68 Å². The molecular formula is C13H14N4O. The molecule has 5 nitrogen and oxygen atoms in total. The predicted molar refractivity (Wildman–Crippen MR) is 68.1 cm³/mol. The van der Waals surface area contributed by atoms with Crippen molar-refractivity contribution in [3.8, 4) is 0 Å². The van der Waals surface area contributed by atoms with E-state index in [0.29, 0.717) is 0 Å². The highest BCUT2D eigenvalue weighted by Crippen LogP contribution is 2.27. The van der Waals surface area contributed by atoms with Crippen LogP contribution in [0.4, 0.5) is 0 Å². The lowest BCUT2D eigenvalue weighted by Gasteiger charge is -2.12. The molecule has 0 aliphatic heterocycles. The molecule has 0 saturated heterocycles. The lowest BCUT2D eigenvalue weighted by Crippen LogP contribution is -2.20. The molecule has 0 aliphatic rings. The van der Waals surface area contributed by atoms with Crippen molar-refractivity contribution in [3.63, 3.8) is 0 Å². The van der Waals surface area contributed by atoms with E-state index in [-0.39, 0.29) is 6.04 Å². The maximum Gasteiger partial charge on any atom is 0.134 e. The Morgan fingerprint density at radius 3 is 2.83 bits per heavy atom. The summed E-state index contributed by atoms with van der Waals surface area (Å²) in [5.74, 6) is 0.865. The molecule has 0 fully saturated rings. The SMILES string of the molecule is CNC(c1cc2ccccc2o1)c1cnnn1C. The Morgan fingerprint density at radius 1 is 1.33 bits per heavy atom. The minimum atomic E-state index is -0.0441. The molecule has 92 valence electrons. The van der Waals surface area contributed by atoms with E-state index in [2.05, 4.69) is 15.6 Å². The number of hydrogen-bond donors (Lipinski definition) is 1. The maximum absolute atomic E-state index is 5.87. The highest BCUT2D eigenvalue weighted by molar-refractivity contribution is 5.77. The summed E-state index contributed by atoms with van der Waals surface area (Å²) >= 11 is 0. The van der Waals surface area contributed by atoms with Crippen LogP contribution in [0.15, 0.2) is 40.9 Å². The molecule has 2 heterocycles. The van der Waals surface area contributed by atoms with Crippen molar-refractivity contribution in [2.45, 2.75) is 6.04 Å². The Hall–Kier alpha value is -2.14. The molecule has 0 radical (unpaired) electrons. The molecule has 18 heavy (non-hydrogen) atoms. The Labute approximate surface area is 104 Å². The topological polar surface area (TPSA) is 55.9 Å². The molecule has 3 aromatic rings. The van der Waals surface area contributed by atoms with E-state index in [9.17, 15) is 0 Å². The summed E-state index contributed by atoms with van der Waals surface area (Å²) < 4.78 is 7.61. The second-order valence-electron chi connectivity index (χ2n) is 4.19. The Bertz CT molecular complexity index is 637. The number of nitrogens with zero attached hydrogens (tertiary/aromatic N) is 3. The second-order valence-corrected chi connectivity index (χ2v) is 4.19. The standard InChI is InChI=1S/C13H14N4O/c1-14-13(10-8-15-16-17(10)2)12-7-9-5-3-4-6-11(9)18-12/h3-8,13-14H,1-2H3. The summed E-state index contributed by atoms with van der Waals surface area (Å²) in [5.41, 5.74) is 1.86. The summed E-state index contributed by atoms with van der Waals surface area (Å²) in [6.45, 7) is 0. The number of furan rings is 1.